The number of nitrogens with two attached hydrogens (primary N) is 2. The normalized spacial score (nSPS) is 23.3. The summed E-state index contributed by atoms with van der Waals surface area (Å²) in [5.41, 5.74) is 6.27. The summed E-state index contributed by atoms with van der Waals surface area (Å²) in [5.74, 6) is -0.380. The van der Waals surface area contributed by atoms with Gasteiger partial charge in [-0.15, -0.1) is 0 Å². The molecule has 1 amide bonds. The molecular weight excluding hydrogens is 266 g/mol. The first-order valence-corrected chi connectivity index (χ1v) is 7.62. The van der Waals surface area contributed by atoms with Crippen LogP contribution in [0.25, 0.3) is 0 Å². The average Bonchev–Trinajstić information content (AvgIpc) is 2.75. The number of benzene rings is 1. The van der Waals surface area contributed by atoms with Crippen molar-refractivity contribution < 1.29 is 13.2 Å². The van der Waals surface area contributed by atoms with Gasteiger partial charge in [0.25, 0.3) is 0 Å². The summed E-state index contributed by atoms with van der Waals surface area (Å²) >= 11 is 0. The highest BCUT2D eigenvalue weighted by Crippen LogP contribution is 2.25. The molecule has 7 heteroatoms. The topological polar surface area (TPSA) is 115 Å². The SMILES string of the molecule is NC1CCCC1C(=O)Nc1cccc(S(N)(=O)=O)c1. The van der Waals surface area contributed by atoms with Crippen LogP contribution < -0.4 is 16.2 Å². The van der Waals surface area contributed by atoms with E-state index >= 15 is 0 Å². The maximum absolute atomic E-state index is 12.0. The number of rotatable bonds is 3. The third-order valence-electron chi connectivity index (χ3n) is 3.34. The molecule has 1 aliphatic carbocycles. The molecule has 2 rings (SSSR count). The highest BCUT2D eigenvalue weighted by atomic mass is 32.2. The minimum atomic E-state index is -3.77. The number of anilines is 1. The summed E-state index contributed by atoms with van der Waals surface area (Å²) in [7, 11) is -3.77. The number of hydrogen-bond acceptors (Lipinski definition) is 4. The van der Waals surface area contributed by atoms with Crippen LogP contribution in [0.1, 0.15) is 19.3 Å². The monoisotopic (exact) mass is 283 g/mol. The first-order chi connectivity index (χ1) is 8.88. The van der Waals surface area contributed by atoms with Gasteiger partial charge in [0.05, 0.1) is 10.8 Å². The first kappa shape index (κ1) is 14.0. The summed E-state index contributed by atoms with van der Waals surface area (Å²) in [4.78, 5) is 12.0. The molecule has 104 valence electrons. The van der Waals surface area contributed by atoms with Crippen LogP contribution in [0.4, 0.5) is 5.69 Å². The van der Waals surface area contributed by atoms with E-state index in [1.807, 2.05) is 0 Å². The van der Waals surface area contributed by atoms with Crippen molar-refractivity contribution in [1.29, 1.82) is 0 Å². The summed E-state index contributed by atoms with van der Waals surface area (Å²) in [5, 5.41) is 7.73. The molecule has 1 saturated carbocycles. The number of primary sulfonamides is 1. The molecule has 6 nitrogen and oxygen atoms in total. The smallest absolute Gasteiger partial charge is 0.238 e. The Morgan fingerprint density at radius 1 is 1.32 bits per heavy atom. The van der Waals surface area contributed by atoms with E-state index in [1.54, 1.807) is 6.07 Å². The van der Waals surface area contributed by atoms with Gasteiger partial charge in [-0.05, 0) is 31.0 Å². The lowest BCUT2D eigenvalue weighted by molar-refractivity contribution is -0.120. The van der Waals surface area contributed by atoms with Gasteiger partial charge in [0, 0.05) is 11.7 Å². The Bertz CT molecular complexity index is 586. The number of amides is 1. The van der Waals surface area contributed by atoms with E-state index in [4.69, 9.17) is 10.9 Å². The lowest BCUT2D eigenvalue weighted by Crippen LogP contribution is -2.34. The Kier molecular flexibility index (Phi) is 3.88. The van der Waals surface area contributed by atoms with Gasteiger partial charge in [0.1, 0.15) is 0 Å². The number of carbonyl (C=O) groups excluding carboxylic acids is 1. The summed E-state index contributed by atoms with van der Waals surface area (Å²) in [6.07, 6.45) is 2.55. The van der Waals surface area contributed by atoms with Crippen molar-refractivity contribution >= 4 is 21.6 Å². The average molecular weight is 283 g/mol. The zero-order valence-corrected chi connectivity index (χ0v) is 11.2. The maximum Gasteiger partial charge on any atom is 0.238 e. The highest BCUT2D eigenvalue weighted by molar-refractivity contribution is 7.89. The van der Waals surface area contributed by atoms with Gasteiger partial charge in [-0.1, -0.05) is 12.5 Å². The Hall–Kier alpha value is -1.44. The molecule has 0 radical (unpaired) electrons. The second-order valence-corrected chi connectivity index (χ2v) is 6.32. The zero-order valence-electron chi connectivity index (χ0n) is 10.4. The van der Waals surface area contributed by atoms with E-state index in [2.05, 4.69) is 5.32 Å². The molecule has 0 bridgehead atoms. The predicted molar refractivity (Wildman–Crippen MR) is 71.8 cm³/mol. The number of carbonyl (C=O) groups is 1. The third kappa shape index (κ3) is 3.31. The minimum Gasteiger partial charge on any atom is -0.327 e. The van der Waals surface area contributed by atoms with E-state index in [9.17, 15) is 13.2 Å². The van der Waals surface area contributed by atoms with Gasteiger partial charge in [0.15, 0.2) is 0 Å². The lowest BCUT2D eigenvalue weighted by Gasteiger charge is -2.15. The fourth-order valence-corrected chi connectivity index (χ4v) is 2.86. The molecule has 1 aliphatic rings. The van der Waals surface area contributed by atoms with E-state index in [-0.39, 0.29) is 22.8 Å². The highest BCUT2D eigenvalue weighted by Gasteiger charge is 2.30. The summed E-state index contributed by atoms with van der Waals surface area (Å²) in [6, 6.07) is 5.75. The molecule has 5 N–H and O–H groups in total. The van der Waals surface area contributed by atoms with Crippen molar-refractivity contribution in [3.63, 3.8) is 0 Å². The van der Waals surface area contributed by atoms with Crippen LogP contribution in [0.15, 0.2) is 29.2 Å². The molecule has 0 aliphatic heterocycles. The van der Waals surface area contributed by atoms with Gasteiger partial charge in [-0.3, -0.25) is 4.79 Å². The molecule has 19 heavy (non-hydrogen) atoms. The summed E-state index contributed by atoms with van der Waals surface area (Å²) in [6.45, 7) is 0. The van der Waals surface area contributed by atoms with Gasteiger partial charge in [-0.25, -0.2) is 13.6 Å². The Morgan fingerprint density at radius 3 is 2.63 bits per heavy atom. The zero-order chi connectivity index (χ0) is 14.0. The fourth-order valence-electron chi connectivity index (χ4n) is 2.30. The largest absolute Gasteiger partial charge is 0.327 e. The van der Waals surface area contributed by atoms with Gasteiger partial charge in [0.2, 0.25) is 15.9 Å². The van der Waals surface area contributed by atoms with E-state index in [1.165, 1.54) is 18.2 Å². The molecule has 1 aromatic rings. The van der Waals surface area contributed by atoms with Crippen LogP contribution in [0.2, 0.25) is 0 Å². The Morgan fingerprint density at radius 2 is 2.05 bits per heavy atom. The molecule has 0 aromatic heterocycles. The molecule has 0 spiro atoms. The lowest BCUT2D eigenvalue weighted by atomic mass is 10.0. The Labute approximate surface area is 112 Å². The number of sulfonamides is 1. The van der Waals surface area contributed by atoms with E-state index < -0.39 is 10.0 Å². The van der Waals surface area contributed by atoms with Crippen molar-refractivity contribution in [1.82, 2.24) is 0 Å². The molecule has 0 saturated heterocycles. The van der Waals surface area contributed by atoms with Crippen molar-refractivity contribution in [3.05, 3.63) is 24.3 Å². The first-order valence-electron chi connectivity index (χ1n) is 6.07. The van der Waals surface area contributed by atoms with Crippen LogP contribution in [-0.4, -0.2) is 20.4 Å². The molecule has 1 fully saturated rings. The van der Waals surface area contributed by atoms with Crippen LogP contribution in [-0.2, 0) is 14.8 Å². The van der Waals surface area contributed by atoms with Crippen LogP contribution in [0.5, 0.6) is 0 Å². The van der Waals surface area contributed by atoms with E-state index in [0.717, 1.165) is 19.3 Å². The standard InChI is InChI=1S/C12H17N3O3S/c13-11-6-2-5-10(11)12(16)15-8-3-1-4-9(7-8)19(14,17)18/h1,3-4,7,10-11H,2,5-6,13H2,(H,15,16)(H2,14,17,18). The molecule has 1 aromatic carbocycles. The Balaban J connectivity index is 2.13. The van der Waals surface area contributed by atoms with Crippen LogP contribution >= 0.6 is 0 Å². The van der Waals surface area contributed by atoms with Gasteiger partial charge < -0.3 is 11.1 Å². The molecule has 0 heterocycles. The second kappa shape index (κ2) is 5.28. The van der Waals surface area contributed by atoms with Crippen molar-refractivity contribution in [2.24, 2.45) is 16.8 Å². The van der Waals surface area contributed by atoms with E-state index in [0.29, 0.717) is 5.69 Å². The predicted octanol–water partition coefficient (Wildman–Crippen LogP) is 0.400. The molecular formula is C12H17N3O3S. The maximum atomic E-state index is 12.0. The second-order valence-electron chi connectivity index (χ2n) is 4.76. The van der Waals surface area contributed by atoms with Crippen molar-refractivity contribution in [2.75, 3.05) is 5.32 Å². The van der Waals surface area contributed by atoms with Crippen LogP contribution in [0.3, 0.4) is 0 Å². The minimum absolute atomic E-state index is 0.0268. The van der Waals surface area contributed by atoms with Crippen molar-refractivity contribution in [2.45, 2.75) is 30.2 Å². The summed E-state index contributed by atoms with van der Waals surface area (Å²) < 4.78 is 22.4. The molecule has 2 atom stereocenters. The van der Waals surface area contributed by atoms with Crippen molar-refractivity contribution in [3.8, 4) is 0 Å². The fraction of sp³-hybridized carbons (Fsp3) is 0.417. The van der Waals surface area contributed by atoms with Crippen LogP contribution in [0, 0.1) is 5.92 Å². The van der Waals surface area contributed by atoms with Gasteiger partial charge in [-0.2, -0.15) is 0 Å². The number of hydrogen-bond donors (Lipinski definition) is 3. The quantitative estimate of drug-likeness (QED) is 0.744. The number of nitrogens with one attached hydrogen (secondary N) is 1. The molecule has 2 unspecified atom stereocenters. The van der Waals surface area contributed by atoms with Gasteiger partial charge >= 0.3 is 0 Å². The third-order valence-corrected chi connectivity index (χ3v) is 4.25.